The number of aryl methyl sites for hydroxylation is 1. The van der Waals surface area contributed by atoms with Crippen LogP contribution in [0.3, 0.4) is 0 Å². The van der Waals surface area contributed by atoms with Crippen molar-refractivity contribution in [2.24, 2.45) is 0 Å². The number of rotatable bonds is 2. The minimum absolute atomic E-state index is 0.159. The third-order valence-electron chi connectivity index (χ3n) is 2.37. The van der Waals surface area contributed by atoms with Gasteiger partial charge in [0, 0.05) is 11.8 Å². The number of benzene rings is 1. The first-order chi connectivity index (χ1) is 8.68. The Labute approximate surface area is 107 Å². The number of halogens is 2. The molecule has 1 heterocycles. The molecule has 0 fully saturated rings. The summed E-state index contributed by atoms with van der Waals surface area (Å²) >= 11 is 0. The molecule has 0 aliphatic carbocycles. The fourth-order valence-electron chi connectivity index (χ4n) is 1.65. The molecule has 0 aliphatic heterocycles. The molecule has 0 atom stereocenters. The van der Waals surface area contributed by atoms with Crippen LogP contribution in [-0.4, -0.2) is 4.98 Å². The molecule has 1 aromatic carbocycles. The topological polar surface area (TPSA) is 12.9 Å². The Morgan fingerprint density at radius 2 is 1.78 bits per heavy atom. The van der Waals surface area contributed by atoms with Gasteiger partial charge in [-0.2, -0.15) is 0 Å². The molecule has 3 heteroatoms. The van der Waals surface area contributed by atoms with Gasteiger partial charge in [-0.25, -0.2) is 8.78 Å². The molecule has 1 aromatic heterocycles. The number of hydrogen-bond acceptors (Lipinski definition) is 1. The maximum atomic E-state index is 12.8. The summed E-state index contributed by atoms with van der Waals surface area (Å²) in [5.41, 5.74) is 2.17. The summed E-state index contributed by atoms with van der Waals surface area (Å²) in [4.78, 5) is 3.73. The van der Waals surface area contributed by atoms with E-state index in [4.69, 9.17) is 0 Å². The fraction of sp³-hybridized carbons (Fsp3) is 0.267. The zero-order valence-corrected chi connectivity index (χ0v) is 10.8. The molecular formula is C15H17F2N. The Balaban J connectivity index is 0.000000771. The van der Waals surface area contributed by atoms with Crippen molar-refractivity contribution in [3.8, 4) is 11.1 Å². The van der Waals surface area contributed by atoms with Crippen molar-refractivity contribution < 1.29 is 8.78 Å². The molecule has 1 nitrogen and oxygen atoms in total. The molecule has 18 heavy (non-hydrogen) atoms. The van der Waals surface area contributed by atoms with E-state index in [0.29, 0.717) is 5.56 Å². The monoisotopic (exact) mass is 249 g/mol. The van der Waals surface area contributed by atoms with Crippen molar-refractivity contribution in [2.75, 3.05) is 0 Å². The minimum atomic E-state index is -2.54. The largest absolute Gasteiger partial charge is 0.280 e. The molecule has 0 saturated heterocycles. The van der Waals surface area contributed by atoms with Gasteiger partial charge in [-0.1, -0.05) is 49.7 Å². The van der Waals surface area contributed by atoms with Gasteiger partial charge in [0.05, 0.1) is 0 Å². The molecule has 2 aromatic rings. The quantitative estimate of drug-likeness (QED) is 0.728. The molecule has 0 bridgehead atoms. The number of alkyl halides is 2. The van der Waals surface area contributed by atoms with Gasteiger partial charge in [0.1, 0.15) is 5.69 Å². The van der Waals surface area contributed by atoms with E-state index in [0.717, 1.165) is 11.1 Å². The summed E-state index contributed by atoms with van der Waals surface area (Å²) in [6.45, 7) is 5.93. The van der Waals surface area contributed by atoms with Crippen LogP contribution >= 0.6 is 0 Å². The van der Waals surface area contributed by atoms with E-state index in [2.05, 4.69) is 4.98 Å². The van der Waals surface area contributed by atoms with Crippen LogP contribution in [-0.2, 0) is 0 Å². The number of nitrogens with zero attached hydrogens (tertiary/aromatic N) is 1. The average molecular weight is 249 g/mol. The zero-order chi connectivity index (χ0) is 13.5. The molecule has 0 radical (unpaired) electrons. The highest BCUT2D eigenvalue weighted by Gasteiger charge is 2.14. The van der Waals surface area contributed by atoms with Gasteiger partial charge in [0.2, 0.25) is 0 Å². The predicted molar refractivity (Wildman–Crippen MR) is 70.7 cm³/mol. The van der Waals surface area contributed by atoms with Gasteiger partial charge >= 0.3 is 0 Å². The van der Waals surface area contributed by atoms with Gasteiger partial charge < -0.3 is 0 Å². The second-order valence-electron chi connectivity index (χ2n) is 3.61. The zero-order valence-electron chi connectivity index (χ0n) is 10.8. The van der Waals surface area contributed by atoms with Crippen molar-refractivity contribution in [1.29, 1.82) is 0 Å². The summed E-state index contributed by atoms with van der Waals surface area (Å²) in [5.74, 6) is 0. The highest BCUT2D eigenvalue weighted by atomic mass is 19.3. The highest BCUT2D eigenvalue weighted by Crippen LogP contribution is 2.29. The Kier molecular flexibility index (Phi) is 5.43. The first kappa shape index (κ1) is 14.3. The number of aromatic nitrogens is 1. The van der Waals surface area contributed by atoms with Crippen molar-refractivity contribution in [2.45, 2.75) is 27.2 Å². The maximum absolute atomic E-state index is 12.8. The van der Waals surface area contributed by atoms with E-state index >= 15 is 0 Å². The lowest BCUT2D eigenvalue weighted by atomic mass is 10.0. The number of pyridine rings is 1. The third kappa shape index (κ3) is 3.36. The van der Waals surface area contributed by atoms with Gasteiger partial charge in [0.15, 0.2) is 0 Å². The molecule has 0 spiro atoms. The molecule has 0 N–H and O–H groups in total. The van der Waals surface area contributed by atoms with Crippen LogP contribution in [0.15, 0.2) is 42.6 Å². The summed E-state index contributed by atoms with van der Waals surface area (Å²) in [7, 11) is 0. The van der Waals surface area contributed by atoms with Gasteiger partial charge in [-0.05, 0) is 18.6 Å². The lowest BCUT2D eigenvalue weighted by Crippen LogP contribution is -1.94. The van der Waals surface area contributed by atoms with Crippen molar-refractivity contribution in [1.82, 2.24) is 4.98 Å². The standard InChI is InChI=1S/C13H11F2N.C2H6/c1-9-4-2-5-10(8-9)11-6-3-7-16-12(11)13(14)15;1-2/h2-8,13H,1H3;1-2H3. The van der Waals surface area contributed by atoms with E-state index in [1.165, 1.54) is 6.20 Å². The first-order valence-corrected chi connectivity index (χ1v) is 5.98. The molecule has 0 amide bonds. The van der Waals surface area contributed by atoms with Crippen molar-refractivity contribution in [3.63, 3.8) is 0 Å². The lowest BCUT2D eigenvalue weighted by molar-refractivity contribution is 0.147. The first-order valence-electron chi connectivity index (χ1n) is 5.98. The van der Waals surface area contributed by atoms with Crippen molar-refractivity contribution in [3.05, 3.63) is 53.9 Å². The van der Waals surface area contributed by atoms with Crippen LogP contribution < -0.4 is 0 Å². The second-order valence-corrected chi connectivity index (χ2v) is 3.61. The minimum Gasteiger partial charge on any atom is -0.255 e. The normalized spacial score (nSPS) is 9.89. The van der Waals surface area contributed by atoms with Gasteiger partial charge in [-0.15, -0.1) is 0 Å². The van der Waals surface area contributed by atoms with Gasteiger partial charge in [0.25, 0.3) is 6.43 Å². The van der Waals surface area contributed by atoms with E-state index in [1.54, 1.807) is 12.1 Å². The van der Waals surface area contributed by atoms with Crippen LogP contribution in [0.1, 0.15) is 31.5 Å². The molecule has 96 valence electrons. The van der Waals surface area contributed by atoms with E-state index < -0.39 is 6.43 Å². The molecule has 0 saturated carbocycles. The Morgan fingerprint density at radius 1 is 1.06 bits per heavy atom. The lowest BCUT2D eigenvalue weighted by Gasteiger charge is -2.08. The number of hydrogen-bond donors (Lipinski definition) is 0. The summed E-state index contributed by atoms with van der Waals surface area (Å²) in [5, 5.41) is 0. The van der Waals surface area contributed by atoms with Crippen LogP contribution in [0.5, 0.6) is 0 Å². The van der Waals surface area contributed by atoms with Crippen LogP contribution in [0, 0.1) is 6.92 Å². The Hall–Kier alpha value is -1.77. The summed E-state index contributed by atoms with van der Waals surface area (Å²) in [6.07, 6.45) is -1.16. The van der Waals surface area contributed by atoms with E-state index in [1.807, 2.05) is 45.0 Å². The molecular weight excluding hydrogens is 232 g/mol. The summed E-state index contributed by atoms with van der Waals surface area (Å²) in [6, 6.07) is 10.8. The highest BCUT2D eigenvalue weighted by molar-refractivity contribution is 5.66. The SMILES string of the molecule is CC.Cc1cccc(-c2cccnc2C(F)F)c1. The van der Waals surface area contributed by atoms with Crippen LogP contribution in [0.4, 0.5) is 8.78 Å². The Bertz CT molecular complexity index is 495. The molecule has 2 rings (SSSR count). The smallest absolute Gasteiger partial charge is 0.255 e. The van der Waals surface area contributed by atoms with Crippen LogP contribution in [0.2, 0.25) is 0 Å². The predicted octanol–water partition coefficient (Wildman–Crippen LogP) is 5.02. The Morgan fingerprint density at radius 3 is 2.39 bits per heavy atom. The second kappa shape index (κ2) is 6.84. The third-order valence-corrected chi connectivity index (χ3v) is 2.37. The van der Waals surface area contributed by atoms with E-state index in [-0.39, 0.29) is 5.69 Å². The van der Waals surface area contributed by atoms with Crippen molar-refractivity contribution >= 4 is 0 Å². The molecule has 0 aliphatic rings. The average Bonchev–Trinajstić information content (AvgIpc) is 2.41. The van der Waals surface area contributed by atoms with Crippen LogP contribution in [0.25, 0.3) is 11.1 Å². The fourth-order valence-corrected chi connectivity index (χ4v) is 1.65. The van der Waals surface area contributed by atoms with E-state index in [9.17, 15) is 8.78 Å². The maximum Gasteiger partial charge on any atom is 0.280 e. The molecule has 0 unspecified atom stereocenters. The van der Waals surface area contributed by atoms with Gasteiger partial charge in [-0.3, -0.25) is 4.98 Å². The summed E-state index contributed by atoms with van der Waals surface area (Å²) < 4.78 is 25.5.